The second-order valence-corrected chi connectivity index (χ2v) is 6.68. The number of benzene rings is 2. The molecule has 0 saturated heterocycles. The van der Waals surface area contributed by atoms with Crippen LogP contribution in [-0.4, -0.2) is 27.9 Å². The predicted molar refractivity (Wildman–Crippen MR) is 95.3 cm³/mol. The first-order chi connectivity index (χ1) is 11.8. The molecule has 0 fully saturated rings. The molecule has 0 aliphatic carbocycles. The maximum absolute atomic E-state index is 12.7. The lowest BCUT2D eigenvalue weighted by molar-refractivity contribution is -0.384. The van der Waals surface area contributed by atoms with E-state index < -0.39 is 4.92 Å². The van der Waals surface area contributed by atoms with Crippen molar-refractivity contribution >= 4 is 11.6 Å². The summed E-state index contributed by atoms with van der Waals surface area (Å²) in [6.07, 6.45) is 0. The van der Waals surface area contributed by atoms with Crippen LogP contribution >= 0.6 is 0 Å². The van der Waals surface area contributed by atoms with E-state index >= 15 is 0 Å². The molecule has 0 aliphatic heterocycles. The lowest BCUT2D eigenvalue weighted by atomic mass is 10.0. The Morgan fingerprint density at radius 3 is 2.40 bits per heavy atom. The van der Waals surface area contributed by atoms with Gasteiger partial charge < -0.3 is 9.64 Å². The molecule has 132 valence electrons. The quantitative estimate of drug-likeness (QED) is 0.591. The highest BCUT2D eigenvalue weighted by Crippen LogP contribution is 2.21. The SMILES string of the molecule is CC(C)(C)N(Cc1ccccc1)C(=O)COc1cccc([N+](=O)[O-])c1. The van der Waals surface area contributed by atoms with Crippen LogP contribution in [0.3, 0.4) is 0 Å². The van der Waals surface area contributed by atoms with Crippen molar-refractivity contribution in [3.05, 3.63) is 70.3 Å². The van der Waals surface area contributed by atoms with E-state index in [0.29, 0.717) is 12.3 Å². The average molecular weight is 342 g/mol. The van der Waals surface area contributed by atoms with Crippen LogP contribution in [0.25, 0.3) is 0 Å². The summed E-state index contributed by atoms with van der Waals surface area (Å²) in [5.74, 6) is 0.124. The molecule has 0 radical (unpaired) electrons. The van der Waals surface area contributed by atoms with Gasteiger partial charge in [-0.2, -0.15) is 0 Å². The van der Waals surface area contributed by atoms with Crippen LogP contribution in [0.4, 0.5) is 5.69 Å². The van der Waals surface area contributed by atoms with Crippen molar-refractivity contribution in [2.24, 2.45) is 0 Å². The number of carbonyl (C=O) groups excluding carboxylic acids is 1. The number of nitro benzene ring substituents is 1. The monoisotopic (exact) mass is 342 g/mol. The first kappa shape index (κ1) is 18.4. The van der Waals surface area contributed by atoms with Gasteiger partial charge in [-0.1, -0.05) is 36.4 Å². The van der Waals surface area contributed by atoms with Crippen molar-refractivity contribution in [1.29, 1.82) is 0 Å². The highest BCUT2D eigenvalue weighted by atomic mass is 16.6. The third-order valence-electron chi connectivity index (χ3n) is 3.69. The minimum Gasteiger partial charge on any atom is -0.484 e. The zero-order valence-electron chi connectivity index (χ0n) is 14.6. The minimum atomic E-state index is -0.495. The Bertz CT molecular complexity index is 739. The fraction of sp³-hybridized carbons (Fsp3) is 0.316. The first-order valence-corrected chi connectivity index (χ1v) is 7.99. The highest BCUT2D eigenvalue weighted by molar-refractivity contribution is 5.78. The van der Waals surface area contributed by atoms with Gasteiger partial charge in [0.2, 0.25) is 0 Å². The molecule has 0 N–H and O–H groups in total. The van der Waals surface area contributed by atoms with Crippen molar-refractivity contribution in [3.8, 4) is 5.75 Å². The van der Waals surface area contributed by atoms with E-state index in [1.165, 1.54) is 18.2 Å². The fourth-order valence-corrected chi connectivity index (χ4v) is 2.38. The average Bonchev–Trinajstić information content (AvgIpc) is 2.57. The fourth-order valence-electron chi connectivity index (χ4n) is 2.38. The smallest absolute Gasteiger partial charge is 0.273 e. The Hall–Kier alpha value is -2.89. The van der Waals surface area contributed by atoms with E-state index in [2.05, 4.69) is 0 Å². The topological polar surface area (TPSA) is 72.7 Å². The number of carbonyl (C=O) groups is 1. The summed E-state index contributed by atoms with van der Waals surface area (Å²) in [6.45, 7) is 6.18. The van der Waals surface area contributed by atoms with Gasteiger partial charge in [-0.05, 0) is 32.4 Å². The van der Waals surface area contributed by atoms with E-state index in [-0.39, 0.29) is 23.7 Å². The van der Waals surface area contributed by atoms with Gasteiger partial charge in [0.05, 0.1) is 11.0 Å². The zero-order valence-corrected chi connectivity index (χ0v) is 14.6. The molecule has 0 heterocycles. The molecule has 0 atom stereocenters. The molecule has 2 aromatic rings. The molecule has 6 nitrogen and oxygen atoms in total. The Morgan fingerprint density at radius 1 is 1.12 bits per heavy atom. The normalized spacial score (nSPS) is 11.0. The molecule has 0 bridgehead atoms. The predicted octanol–water partition coefficient (Wildman–Crippen LogP) is 3.80. The van der Waals surface area contributed by atoms with Gasteiger partial charge in [0.1, 0.15) is 5.75 Å². The van der Waals surface area contributed by atoms with Gasteiger partial charge in [0.25, 0.3) is 11.6 Å². The number of ether oxygens (including phenoxy) is 1. The van der Waals surface area contributed by atoms with Gasteiger partial charge in [0, 0.05) is 18.2 Å². The van der Waals surface area contributed by atoms with E-state index in [1.54, 1.807) is 11.0 Å². The third kappa shape index (κ3) is 5.31. The van der Waals surface area contributed by atoms with Crippen LogP contribution in [0.2, 0.25) is 0 Å². The van der Waals surface area contributed by atoms with Crippen molar-refractivity contribution in [3.63, 3.8) is 0 Å². The largest absolute Gasteiger partial charge is 0.484 e. The number of hydrogen-bond donors (Lipinski definition) is 0. The Balaban J connectivity index is 2.07. The highest BCUT2D eigenvalue weighted by Gasteiger charge is 2.26. The Labute approximate surface area is 147 Å². The Morgan fingerprint density at radius 2 is 1.80 bits per heavy atom. The van der Waals surface area contributed by atoms with Gasteiger partial charge in [-0.15, -0.1) is 0 Å². The summed E-state index contributed by atoms with van der Waals surface area (Å²) in [5.41, 5.74) is 0.585. The van der Waals surface area contributed by atoms with Crippen LogP contribution in [0.1, 0.15) is 26.3 Å². The molecule has 0 spiro atoms. The number of hydrogen-bond acceptors (Lipinski definition) is 4. The van der Waals surface area contributed by atoms with Crippen LogP contribution in [0, 0.1) is 10.1 Å². The number of rotatable bonds is 6. The lowest BCUT2D eigenvalue weighted by Crippen LogP contribution is -2.47. The minimum absolute atomic E-state index is 0.0677. The van der Waals surface area contributed by atoms with Crippen LogP contribution in [0.15, 0.2) is 54.6 Å². The molecule has 25 heavy (non-hydrogen) atoms. The summed E-state index contributed by atoms with van der Waals surface area (Å²) < 4.78 is 5.48. The maximum atomic E-state index is 12.7. The summed E-state index contributed by atoms with van der Waals surface area (Å²) >= 11 is 0. The molecule has 6 heteroatoms. The van der Waals surface area contributed by atoms with E-state index in [0.717, 1.165) is 5.56 Å². The van der Waals surface area contributed by atoms with Gasteiger partial charge in [-0.3, -0.25) is 14.9 Å². The van der Waals surface area contributed by atoms with E-state index in [1.807, 2.05) is 51.1 Å². The molecule has 0 saturated carbocycles. The molecule has 0 unspecified atom stereocenters. The lowest BCUT2D eigenvalue weighted by Gasteiger charge is -2.35. The van der Waals surface area contributed by atoms with Crippen LogP contribution in [0.5, 0.6) is 5.75 Å². The van der Waals surface area contributed by atoms with Crippen molar-refractivity contribution in [2.45, 2.75) is 32.9 Å². The summed E-state index contributed by atoms with van der Waals surface area (Å²) in [7, 11) is 0. The first-order valence-electron chi connectivity index (χ1n) is 7.99. The van der Waals surface area contributed by atoms with Crippen LogP contribution in [-0.2, 0) is 11.3 Å². The number of nitrogens with zero attached hydrogens (tertiary/aromatic N) is 2. The van der Waals surface area contributed by atoms with Gasteiger partial charge in [0.15, 0.2) is 6.61 Å². The molecule has 0 aliphatic rings. The van der Waals surface area contributed by atoms with Crippen LogP contribution < -0.4 is 4.74 Å². The van der Waals surface area contributed by atoms with Crippen molar-refractivity contribution in [2.75, 3.05) is 6.61 Å². The Kier molecular flexibility index (Phi) is 5.75. The number of non-ortho nitro benzene ring substituents is 1. The molecule has 2 rings (SSSR count). The summed E-state index contributed by atoms with van der Waals surface area (Å²) in [5, 5.41) is 10.8. The zero-order chi connectivity index (χ0) is 18.4. The van der Waals surface area contributed by atoms with Crippen molar-refractivity contribution < 1.29 is 14.5 Å². The molecular weight excluding hydrogens is 320 g/mol. The van der Waals surface area contributed by atoms with E-state index in [9.17, 15) is 14.9 Å². The standard InChI is InChI=1S/C19H22N2O4/c1-19(2,3)20(13-15-8-5-4-6-9-15)18(22)14-25-17-11-7-10-16(12-17)21(23)24/h4-12H,13-14H2,1-3H3. The number of amides is 1. The van der Waals surface area contributed by atoms with Gasteiger partial charge >= 0.3 is 0 Å². The second kappa shape index (κ2) is 7.79. The summed E-state index contributed by atoms with van der Waals surface area (Å²) in [6, 6.07) is 15.5. The summed E-state index contributed by atoms with van der Waals surface area (Å²) in [4.78, 5) is 24.7. The molecule has 1 amide bonds. The third-order valence-corrected chi connectivity index (χ3v) is 3.69. The molecular formula is C19H22N2O4. The van der Waals surface area contributed by atoms with E-state index in [4.69, 9.17) is 4.74 Å². The number of nitro groups is 1. The second-order valence-electron chi connectivity index (χ2n) is 6.68. The molecule has 0 aromatic heterocycles. The molecule has 2 aromatic carbocycles. The van der Waals surface area contributed by atoms with Crippen molar-refractivity contribution in [1.82, 2.24) is 4.90 Å². The maximum Gasteiger partial charge on any atom is 0.273 e. The van der Waals surface area contributed by atoms with Gasteiger partial charge in [-0.25, -0.2) is 0 Å².